The highest BCUT2D eigenvalue weighted by molar-refractivity contribution is 7.99. The van der Waals surface area contributed by atoms with E-state index in [1.165, 1.54) is 0 Å². The van der Waals surface area contributed by atoms with Crippen LogP contribution in [0.3, 0.4) is 0 Å². The van der Waals surface area contributed by atoms with E-state index in [0.717, 1.165) is 22.8 Å². The van der Waals surface area contributed by atoms with Crippen LogP contribution in [-0.4, -0.2) is 18.8 Å². The highest BCUT2D eigenvalue weighted by Gasteiger charge is 2.30. The molecule has 1 amide bonds. The smallest absolute Gasteiger partial charge is 0.229 e. The third-order valence-electron chi connectivity index (χ3n) is 3.53. The second-order valence-corrected chi connectivity index (χ2v) is 6.03. The van der Waals surface area contributed by atoms with Gasteiger partial charge in [-0.15, -0.1) is 11.8 Å². The molecule has 0 saturated carbocycles. The summed E-state index contributed by atoms with van der Waals surface area (Å²) in [5.41, 5.74) is 2.08. The lowest BCUT2D eigenvalue weighted by atomic mass is 10.1. The van der Waals surface area contributed by atoms with Crippen LogP contribution in [0.25, 0.3) is 0 Å². The molecule has 3 nitrogen and oxygen atoms in total. The molecule has 0 radical (unpaired) electrons. The summed E-state index contributed by atoms with van der Waals surface area (Å²) in [6.45, 7) is 0. The molecule has 0 N–H and O–H groups in total. The minimum atomic E-state index is 0.0274. The Bertz CT molecular complexity index is 612. The highest BCUT2D eigenvalue weighted by Crippen LogP contribution is 2.40. The maximum absolute atomic E-state index is 12.4. The number of nitrogens with zero attached hydrogens (tertiary/aromatic N) is 1. The molecule has 3 rings (SSSR count). The maximum Gasteiger partial charge on any atom is 0.229 e. The number of para-hydroxylation sites is 1. The molecule has 1 aliphatic rings. The lowest BCUT2D eigenvalue weighted by Crippen LogP contribution is -2.37. The van der Waals surface area contributed by atoms with Crippen LogP contribution in [-0.2, 0) is 4.79 Å². The van der Waals surface area contributed by atoms with Gasteiger partial charge in [0.15, 0.2) is 0 Å². The van der Waals surface area contributed by atoms with Crippen molar-refractivity contribution < 1.29 is 9.53 Å². The number of benzene rings is 2. The van der Waals surface area contributed by atoms with Crippen LogP contribution in [0.1, 0.15) is 17.4 Å². The molecule has 1 fully saturated rings. The van der Waals surface area contributed by atoms with E-state index < -0.39 is 0 Å². The zero-order chi connectivity index (χ0) is 14.7. The molecule has 0 aliphatic carbocycles. The first-order valence-electron chi connectivity index (χ1n) is 6.92. The molecule has 0 bridgehead atoms. The molecule has 2 aromatic rings. The minimum Gasteiger partial charge on any atom is -0.497 e. The zero-order valence-corrected chi connectivity index (χ0v) is 12.7. The van der Waals surface area contributed by atoms with Gasteiger partial charge in [-0.05, 0) is 29.8 Å². The van der Waals surface area contributed by atoms with Gasteiger partial charge in [0.05, 0.1) is 7.11 Å². The average molecular weight is 299 g/mol. The number of hydrogen-bond acceptors (Lipinski definition) is 3. The number of carbonyl (C=O) groups is 1. The fraction of sp³-hybridized carbons (Fsp3) is 0.235. The SMILES string of the molecule is COc1ccc(C2SCCC(=O)N2c2ccccc2)cc1. The summed E-state index contributed by atoms with van der Waals surface area (Å²) in [6, 6.07) is 17.8. The number of thioether (sulfide) groups is 1. The fourth-order valence-corrected chi connectivity index (χ4v) is 3.72. The van der Waals surface area contributed by atoms with Gasteiger partial charge in [-0.2, -0.15) is 0 Å². The summed E-state index contributed by atoms with van der Waals surface area (Å²) < 4.78 is 5.20. The molecular formula is C17H17NO2S. The van der Waals surface area contributed by atoms with E-state index in [4.69, 9.17) is 4.74 Å². The highest BCUT2D eigenvalue weighted by atomic mass is 32.2. The molecule has 1 aliphatic heterocycles. The van der Waals surface area contributed by atoms with Gasteiger partial charge in [0.25, 0.3) is 0 Å². The van der Waals surface area contributed by atoms with E-state index >= 15 is 0 Å². The standard InChI is InChI=1S/C17H17NO2S/c1-20-15-9-7-13(8-10-15)17-18(16(19)11-12-21-17)14-5-3-2-4-6-14/h2-10,17H,11-12H2,1H3. The summed E-state index contributed by atoms with van der Waals surface area (Å²) in [4.78, 5) is 14.3. The molecule has 1 heterocycles. The van der Waals surface area contributed by atoms with Gasteiger partial charge in [-0.25, -0.2) is 0 Å². The van der Waals surface area contributed by atoms with Gasteiger partial charge in [-0.3, -0.25) is 9.69 Å². The van der Waals surface area contributed by atoms with Crippen LogP contribution in [0.2, 0.25) is 0 Å². The molecule has 108 valence electrons. The van der Waals surface area contributed by atoms with Crippen LogP contribution >= 0.6 is 11.8 Å². The molecule has 1 saturated heterocycles. The summed E-state index contributed by atoms with van der Waals surface area (Å²) in [5.74, 6) is 1.87. The van der Waals surface area contributed by atoms with Crippen molar-refractivity contribution in [2.24, 2.45) is 0 Å². The summed E-state index contributed by atoms with van der Waals surface area (Å²) in [6.07, 6.45) is 0.589. The summed E-state index contributed by atoms with van der Waals surface area (Å²) >= 11 is 1.80. The second kappa shape index (κ2) is 6.22. The van der Waals surface area contributed by atoms with E-state index in [-0.39, 0.29) is 11.3 Å². The van der Waals surface area contributed by atoms with Crippen LogP contribution in [0, 0.1) is 0 Å². The second-order valence-electron chi connectivity index (χ2n) is 4.85. The number of carbonyl (C=O) groups excluding carboxylic acids is 1. The van der Waals surface area contributed by atoms with Crippen molar-refractivity contribution in [2.45, 2.75) is 11.8 Å². The Morgan fingerprint density at radius 3 is 2.48 bits per heavy atom. The first-order chi connectivity index (χ1) is 10.3. The van der Waals surface area contributed by atoms with Gasteiger partial charge in [0, 0.05) is 17.9 Å². The largest absolute Gasteiger partial charge is 0.497 e. The molecule has 2 aromatic carbocycles. The molecule has 21 heavy (non-hydrogen) atoms. The predicted octanol–water partition coefficient (Wildman–Crippen LogP) is 3.86. The maximum atomic E-state index is 12.4. The Morgan fingerprint density at radius 1 is 1.10 bits per heavy atom. The Kier molecular flexibility index (Phi) is 4.15. The van der Waals surface area contributed by atoms with Crippen molar-refractivity contribution in [3.63, 3.8) is 0 Å². The van der Waals surface area contributed by atoms with E-state index in [1.54, 1.807) is 18.9 Å². The monoisotopic (exact) mass is 299 g/mol. The van der Waals surface area contributed by atoms with Crippen LogP contribution in [0.5, 0.6) is 5.75 Å². The topological polar surface area (TPSA) is 29.5 Å². The van der Waals surface area contributed by atoms with E-state index in [0.29, 0.717) is 6.42 Å². The number of amides is 1. The molecule has 1 unspecified atom stereocenters. The minimum absolute atomic E-state index is 0.0274. The predicted molar refractivity (Wildman–Crippen MR) is 86.7 cm³/mol. The number of ether oxygens (including phenoxy) is 1. The fourth-order valence-electron chi connectivity index (χ4n) is 2.47. The van der Waals surface area contributed by atoms with Gasteiger partial charge >= 0.3 is 0 Å². The Morgan fingerprint density at radius 2 is 1.81 bits per heavy atom. The quantitative estimate of drug-likeness (QED) is 0.862. The van der Waals surface area contributed by atoms with Crippen molar-refractivity contribution in [3.8, 4) is 5.75 Å². The lowest BCUT2D eigenvalue weighted by Gasteiger charge is -2.35. The average Bonchev–Trinajstić information content (AvgIpc) is 2.55. The lowest BCUT2D eigenvalue weighted by molar-refractivity contribution is -0.118. The Balaban J connectivity index is 1.95. The van der Waals surface area contributed by atoms with Gasteiger partial charge in [0.1, 0.15) is 11.1 Å². The van der Waals surface area contributed by atoms with Gasteiger partial charge in [-0.1, -0.05) is 30.3 Å². The van der Waals surface area contributed by atoms with E-state index in [2.05, 4.69) is 0 Å². The van der Waals surface area contributed by atoms with Crippen molar-refractivity contribution >= 4 is 23.4 Å². The first kappa shape index (κ1) is 14.0. The third-order valence-corrected chi connectivity index (χ3v) is 4.77. The normalized spacial score (nSPS) is 18.6. The van der Waals surface area contributed by atoms with Gasteiger partial charge in [0.2, 0.25) is 5.91 Å². The number of hydrogen-bond donors (Lipinski definition) is 0. The van der Waals surface area contributed by atoms with E-state index in [9.17, 15) is 4.79 Å². The summed E-state index contributed by atoms with van der Waals surface area (Å²) in [5, 5.41) is 0.0274. The van der Waals surface area contributed by atoms with Crippen molar-refractivity contribution in [1.82, 2.24) is 0 Å². The molecule has 0 spiro atoms. The van der Waals surface area contributed by atoms with Crippen molar-refractivity contribution in [3.05, 3.63) is 60.2 Å². The molecule has 1 atom stereocenters. The molecule has 0 aromatic heterocycles. The summed E-state index contributed by atoms with van der Waals surface area (Å²) in [7, 11) is 1.66. The molecule has 4 heteroatoms. The molecular weight excluding hydrogens is 282 g/mol. The number of rotatable bonds is 3. The zero-order valence-electron chi connectivity index (χ0n) is 11.9. The first-order valence-corrected chi connectivity index (χ1v) is 7.97. The van der Waals surface area contributed by atoms with Crippen molar-refractivity contribution in [2.75, 3.05) is 17.8 Å². The van der Waals surface area contributed by atoms with Crippen molar-refractivity contribution in [1.29, 1.82) is 0 Å². The third kappa shape index (κ3) is 2.90. The van der Waals surface area contributed by atoms with Crippen LogP contribution in [0.4, 0.5) is 5.69 Å². The van der Waals surface area contributed by atoms with Crippen LogP contribution in [0.15, 0.2) is 54.6 Å². The number of methoxy groups -OCH3 is 1. The van der Waals surface area contributed by atoms with E-state index in [1.807, 2.05) is 59.5 Å². The van der Waals surface area contributed by atoms with Gasteiger partial charge < -0.3 is 4.74 Å². The number of anilines is 1. The Hall–Kier alpha value is -1.94. The Labute approximate surface area is 128 Å². The van der Waals surface area contributed by atoms with Crippen LogP contribution < -0.4 is 9.64 Å².